The highest BCUT2D eigenvalue weighted by Crippen LogP contribution is 2.26. The lowest BCUT2D eigenvalue weighted by Crippen LogP contribution is -2.21. The Morgan fingerprint density at radius 2 is 1.18 bits per heavy atom. The van der Waals surface area contributed by atoms with E-state index >= 15 is 0 Å². The average molecular weight is 636 g/mol. The minimum atomic E-state index is -0.240. The van der Waals surface area contributed by atoms with E-state index in [1.807, 2.05) is 42.6 Å². The first-order chi connectivity index (χ1) is 21.6. The lowest BCUT2D eigenvalue weighted by Gasteiger charge is -2.21. The quantitative estimate of drug-likeness (QED) is 0.152. The molecule has 0 N–H and O–H groups in total. The topological polar surface area (TPSA) is 38.7 Å². The Kier molecular flexibility index (Phi) is 12.1. The fourth-order valence-corrected chi connectivity index (χ4v) is 4.06. The summed E-state index contributed by atoms with van der Waals surface area (Å²) in [6, 6.07) is 37.2. The molecule has 0 spiro atoms. The Hall–Kier alpha value is -4.25. The second kappa shape index (κ2) is 16.2. The van der Waals surface area contributed by atoms with Crippen molar-refractivity contribution in [2.75, 3.05) is 0 Å². The highest BCUT2D eigenvalue weighted by molar-refractivity contribution is 7.82. The second-order valence-electron chi connectivity index (χ2n) is 10.9. The van der Waals surface area contributed by atoms with E-state index in [-0.39, 0.29) is 16.4 Å². The van der Waals surface area contributed by atoms with Gasteiger partial charge in [0.2, 0.25) is 0 Å². The van der Waals surface area contributed by atoms with E-state index in [9.17, 15) is 8.78 Å². The van der Waals surface area contributed by atoms with Crippen molar-refractivity contribution < 1.29 is 8.78 Å². The van der Waals surface area contributed by atoms with Crippen molar-refractivity contribution in [2.45, 2.75) is 31.2 Å². The van der Waals surface area contributed by atoms with E-state index in [2.05, 4.69) is 100 Å². The summed E-state index contributed by atoms with van der Waals surface area (Å²) in [6.45, 7) is 6.35. The van der Waals surface area contributed by atoms with E-state index in [1.165, 1.54) is 40.6 Å². The Morgan fingerprint density at radius 1 is 0.600 bits per heavy atom. The van der Waals surface area contributed by atoms with Gasteiger partial charge in [-0.2, -0.15) is 12.6 Å². The van der Waals surface area contributed by atoms with Crippen LogP contribution in [-0.4, -0.2) is 25.4 Å². The maximum Gasteiger partial charge on any atom is 0.125 e. The van der Waals surface area contributed by atoms with E-state index in [0.29, 0.717) is 11.2 Å². The maximum atomic E-state index is 12.6. The molecule has 0 aliphatic carbocycles. The van der Waals surface area contributed by atoms with Gasteiger partial charge in [-0.15, -0.1) is 9.24 Å². The highest BCUT2D eigenvalue weighted by Gasteiger charge is 2.15. The molecule has 2 atom stereocenters. The molecule has 0 amide bonds. The van der Waals surface area contributed by atoms with Crippen LogP contribution < -0.4 is 0 Å². The molecule has 45 heavy (non-hydrogen) atoms. The molecule has 3 nitrogen and oxygen atoms in total. The minimum absolute atomic E-state index is 0.157. The lowest BCUT2D eigenvalue weighted by atomic mass is 10.0. The molecule has 2 unspecified atom stereocenters. The first-order valence-corrected chi connectivity index (χ1v) is 15.6. The van der Waals surface area contributed by atoms with E-state index in [1.54, 1.807) is 30.6 Å². The number of hydrogen-bond acceptors (Lipinski definition) is 4. The molecule has 7 heteroatoms. The monoisotopic (exact) mass is 635 g/mol. The van der Waals surface area contributed by atoms with E-state index < -0.39 is 0 Å². The number of rotatable bonds is 2. The molecule has 0 aliphatic rings. The number of nitrogens with zero attached hydrogens (tertiary/aromatic N) is 3. The van der Waals surface area contributed by atoms with Gasteiger partial charge in [0, 0.05) is 45.7 Å². The second-order valence-corrected chi connectivity index (χ2v) is 13.0. The van der Waals surface area contributed by atoms with Gasteiger partial charge in [0.15, 0.2) is 0 Å². The van der Waals surface area contributed by atoms with E-state index in [0.717, 1.165) is 22.0 Å². The molecular formula is C38H36F2N3PS. The van der Waals surface area contributed by atoms with Crippen LogP contribution >= 0.6 is 21.9 Å². The Bertz CT molecular complexity index is 1880. The summed E-state index contributed by atoms with van der Waals surface area (Å²) < 4.78 is 25.4. The van der Waals surface area contributed by atoms with Crippen LogP contribution in [0.5, 0.6) is 0 Å². The smallest absolute Gasteiger partial charge is 0.125 e. The normalized spacial score (nSPS) is 11.4. The van der Waals surface area contributed by atoms with Gasteiger partial charge in [0.1, 0.15) is 11.6 Å². The summed E-state index contributed by atoms with van der Waals surface area (Å²) in [6.07, 6.45) is 5.18. The van der Waals surface area contributed by atoms with Crippen molar-refractivity contribution >= 4 is 54.4 Å². The van der Waals surface area contributed by atoms with Crippen molar-refractivity contribution in [1.29, 1.82) is 0 Å². The van der Waals surface area contributed by atoms with Crippen LogP contribution in [0.15, 0.2) is 140 Å². The molecule has 0 fully saturated rings. The third-order valence-corrected chi connectivity index (χ3v) is 8.50. The third-order valence-electron chi connectivity index (χ3n) is 6.98. The van der Waals surface area contributed by atoms with Gasteiger partial charge in [-0.05, 0) is 71.0 Å². The van der Waals surface area contributed by atoms with Gasteiger partial charge in [0.25, 0.3) is 0 Å². The van der Waals surface area contributed by atoms with Crippen LogP contribution in [0, 0.1) is 11.6 Å². The lowest BCUT2D eigenvalue weighted by molar-refractivity contribution is 0.629. The number of benzene rings is 4. The maximum absolute atomic E-state index is 12.6. The average Bonchev–Trinajstić information content (AvgIpc) is 3.05. The predicted molar refractivity (Wildman–Crippen MR) is 193 cm³/mol. The molecule has 0 bridgehead atoms. The van der Waals surface area contributed by atoms with Crippen LogP contribution in [0.25, 0.3) is 43.8 Å². The molecular weight excluding hydrogens is 599 g/mol. The van der Waals surface area contributed by atoms with Crippen LogP contribution in [-0.2, 0) is 0 Å². The summed E-state index contributed by atoms with van der Waals surface area (Å²) in [5, 5.41) is 4.32. The van der Waals surface area contributed by atoms with Gasteiger partial charge in [-0.1, -0.05) is 81.4 Å². The molecule has 7 aromatic rings. The summed E-state index contributed by atoms with van der Waals surface area (Å²) >= 11 is 4.33. The molecule has 0 saturated heterocycles. The first-order valence-electron chi connectivity index (χ1n) is 14.5. The first kappa shape index (κ1) is 33.6. The Balaban J connectivity index is 0.000000143. The van der Waals surface area contributed by atoms with Crippen molar-refractivity contribution in [1.82, 2.24) is 15.0 Å². The minimum Gasteiger partial charge on any atom is -0.256 e. The molecule has 0 aliphatic heterocycles. The van der Waals surface area contributed by atoms with Crippen LogP contribution in [0.1, 0.15) is 20.8 Å². The summed E-state index contributed by atoms with van der Waals surface area (Å²) in [5.41, 5.74) is 4.33. The van der Waals surface area contributed by atoms with Gasteiger partial charge in [0.05, 0.1) is 16.7 Å². The van der Waals surface area contributed by atoms with Crippen molar-refractivity contribution in [3.05, 3.63) is 152 Å². The number of halogens is 2. The van der Waals surface area contributed by atoms with Gasteiger partial charge in [-0.3, -0.25) is 15.0 Å². The number of aromatic nitrogens is 3. The zero-order valence-electron chi connectivity index (χ0n) is 25.5. The largest absolute Gasteiger partial charge is 0.256 e. The van der Waals surface area contributed by atoms with Crippen molar-refractivity contribution in [3.8, 4) is 11.3 Å². The molecule has 3 heterocycles. The molecule has 7 rings (SSSR count). The zero-order valence-corrected chi connectivity index (χ0v) is 27.5. The zero-order chi connectivity index (χ0) is 32.2. The molecule has 3 aromatic heterocycles. The summed E-state index contributed by atoms with van der Waals surface area (Å²) in [4.78, 5) is 12.5. The molecule has 0 radical (unpaired) electrons. The fraction of sp³-hybridized carbons (Fsp3) is 0.132. The fourth-order valence-electron chi connectivity index (χ4n) is 4.06. The van der Waals surface area contributed by atoms with Crippen LogP contribution in [0.3, 0.4) is 0 Å². The van der Waals surface area contributed by atoms with Crippen molar-refractivity contribution in [2.24, 2.45) is 0 Å². The molecule has 0 saturated carbocycles. The molecule has 4 aromatic carbocycles. The van der Waals surface area contributed by atoms with E-state index in [4.69, 9.17) is 0 Å². The van der Waals surface area contributed by atoms with Gasteiger partial charge >= 0.3 is 0 Å². The SMILES string of the molecule is CC(P)C(C)(C)S.Fc1ccc2cccnc2c1.Fc1ccc2ncccc2c1.c1ccc(-c2cccc3ccccc23)nc1. The Morgan fingerprint density at radius 3 is 1.89 bits per heavy atom. The highest BCUT2D eigenvalue weighted by atomic mass is 32.1. The summed E-state index contributed by atoms with van der Waals surface area (Å²) in [7, 11) is 2.73. The standard InChI is InChI=1S/C15H11N.2C9H6FN.C5H13PS/c1-2-8-13-12(6-1)7-5-9-14(13)15-10-3-4-11-16-15;10-8-3-4-9-7(6-8)2-1-5-11-9;10-8-4-3-7-2-1-5-11-9(7)6-8;1-4(6)5(2,3)7/h1-11H;2*1-6H;4,7H,6H2,1-3H3. The Labute approximate surface area is 271 Å². The number of thiol groups is 1. The number of pyridine rings is 3. The van der Waals surface area contributed by atoms with Crippen LogP contribution in [0.2, 0.25) is 0 Å². The third kappa shape index (κ3) is 10.1. The predicted octanol–water partition coefficient (Wildman–Crippen LogP) is 10.6. The van der Waals surface area contributed by atoms with Gasteiger partial charge in [-0.25, -0.2) is 8.78 Å². The number of hydrogen-bond donors (Lipinski definition) is 1. The molecule has 228 valence electrons. The summed E-state index contributed by atoms with van der Waals surface area (Å²) in [5.74, 6) is -0.457. The van der Waals surface area contributed by atoms with Crippen molar-refractivity contribution in [3.63, 3.8) is 0 Å². The van der Waals surface area contributed by atoms with Gasteiger partial charge < -0.3 is 0 Å². The number of fused-ring (bicyclic) bond motifs is 3. The van der Waals surface area contributed by atoms with Crippen LogP contribution in [0.4, 0.5) is 8.78 Å².